The van der Waals surface area contributed by atoms with Crippen LogP contribution in [-0.2, 0) is 11.3 Å². The first-order valence-corrected chi connectivity index (χ1v) is 10.9. The van der Waals surface area contributed by atoms with Crippen LogP contribution in [0.25, 0.3) is 10.8 Å². The SMILES string of the molecule is COc1ccc2cc(CN(C)C(=O)CN3CCN(c4ccccc4Cl)CC3)ccc2c1. The van der Waals surface area contributed by atoms with Crippen molar-refractivity contribution in [3.05, 3.63) is 71.2 Å². The van der Waals surface area contributed by atoms with E-state index in [1.807, 2.05) is 42.3 Å². The number of methoxy groups -OCH3 is 1. The summed E-state index contributed by atoms with van der Waals surface area (Å²) >= 11 is 6.33. The van der Waals surface area contributed by atoms with Crippen LogP contribution in [0, 0.1) is 0 Å². The van der Waals surface area contributed by atoms with Gasteiger partial charge in [0.25, 0.3) is 0 Å². The number of fused-ring (bicyclic) bond motifs is 1. The van der Waals surface area contributed by atoms with Gasteiger partial charge in [0.15, 0.2) is 0 Å². The van der Waals surface area contributed by atoms with Crippen LogP contribution in [0.1, 0.15) is 5.56 Å². The molecule has 0 saturated carbocycles. The Morgan fingerprint density at radius 2 is 1.71 bits per heavy atom. The number of ether oxygens (including phenoxy) is 1. The third-order valence-corrected chi connectivity index (χ3v) is 6.20. The number of piperazine rings is 1. The quantitative estimate of drug-likeness (QED) is 0.576. The Kier molecular flexibility index (Phi) is 6.64. The minimum absolute atomic E-state index is 0.140. The second-order valence-electron chi connectivity index (χ2n) is 8.01. The minimum atomic E-state index is 0.140. The first kappa shape index (κ1) is 21.5. The number of anilines is 1. The third-order valence-electron chi connectivity index (χ3n) is 5.88. The lowest BCUT2D eigenvalue weighted by molar-refractivity contribution is -0.131. The van der Waals surface area contributed by atoms with Gasteiger partial charge in [-0.15, -0.1) is 0 Å². The maximum Gasteiger partial charge on any atom is 0.236 e. The van der Waals surface area contributed by atoms with Gasteiger partial charge >= 0.3 is 0 Å². The standard InChI is InChI=1S/C25H28ClN3O2/c1-27(17-19-7-8-21-16-22(31-2)10-9-20(21)15-19)25(30)18-28-11-13-29(14-12-28)24-6-4-3-5-23(24)26/h3-10,15-16H,11-14,17-18H2,1-2H3. The average Bonchev–Trinajstić information content (AvgIpc) is 2.79. The topological polar surface area (TPSA) is 36.0 Å². The maximum atomic E-state index is 12.8. The summed E-state index contributed by atoms with van der Waals surface area (Å²) in [6, 6.07) is 20.3. The number of hydrogen-bond donors (Lipinski definition) is 0. The van der Waals surface area contributed by atoms with E-state index in [9.17, 15) is 4.79 Å². The predicted molar refractivity (Wildman–Crippen MR) is 127 cm³/mol. The first-order valence-electron chi connectivity index (χ1n) is 10.6. The minimum Gasteiger partial charge on any atom is -0.497 e. The molecule has 0 N–H and O–H groups in total. The highest BCUT2D eigenvalue weighted by Crippen LogP contribution is 2.26. The molecule has 31 heavy (non-hydrogen) atoms. The van der Waals surface area contributed by atoms with E-state index in [1.165, 1.54) is 0 Å². The molecule has 0 aliphatic carbocycles. The Labute approximate surface area is 188 Å². The van der Waals surface area contributed by atoms with Gasteiger partial charge in [-0.05, 0) is 46.7 Å². The van der Waals surface area contributed by atoms with Crippen LogP contribution in [0.2, 0.25) is 5.02 Å². The molecule has 5 nitrogen and oxygen atoms in total. The number of rotatable bonds is 6. The summed E-state index contributed by atoms with van der Waals surface area (Å²) in [7, 11) is 3.55. The lowest BCUT2D eigenvalue weighted by Crippen LogP contribution is -2.49. The number of para-hydroxylation sites is 1. The third kappa shape index (κ3) is 5.12. The van der Waals surface area contributed by atoms with Gasteiger partial charge in [-0.25, -0.2) is 0 Å². The largest absolute Gasteiger partial charge is 0.497 e. The van der Waals surface area contributed by atoms with Gasteiger partial charge in [0, 0.05) is 39.8 Å². The Morgan fingerprint density at radius 1 is 1.00 bits per heavy atom. The highest BCUT2D eigenvalue weighted by molar-refractivity contribution is 6.33. The fraction of sp³-hybridized carbons (Fsp3) is 0.320. The molecule has 1 amide bonds. The van der Waals surface area contributed by atoms with Crippen molar-refractivity contribution in [3.8, 4) is 5.75 Å². The molecule has 3 aromatic carbocycles. The van der Waals surface area contributed by atoms with Crippen LogP contribution >= 0.6 is 11.6 Å². The van der Waals surface area contributed by atoms with Gasteiger partial charge in [0.2, 0.25) is 5.91 Å². The summed E-state index contributed by atoms with van der Waals surface area (Å²) in [5.41, 5.74) is 2.19. The Balaban J connectivity index is 1.31. The zero-order valence-corrected chi connectivity index (χ0v) is 18.8. The van der Waals surface area contributed by atoms with Crippen LogP contribution in [-0.4, -0.2) is 62.6 Å². The number of benzene rings is 3. The van der Waals surface area contributed by atoms with E-state index in [4.69, 9.17) is 16.3 Å². The molecule has 3 aromatic rings. The van der Waals surface area contributed by atoms with Crippen LogP contribution in [0.5, 0.6) is 5.75 Å². The van der Waals surface area contributed by atoms with E-state index >= 15 is 0 Å². The molecule has 0 aromatic heterocycles. The molecular formula is C25H28ClN3O2. The summed E-state index contributed by atoms with van der Waals surface area (Å²) in [6.07, 6.45) is 0. The van der Waals surface area contributed by atoms with E-state index in [-0.39, 0.29) is 5.91 Å². The maximum absolute atomic E-state index is 12.8. The van der Waals surface area contributed by atoms with E-state index in [1.54, 1.807) is 7.11 Å². The van der Waals surface area contributed by atoms with E-state index in [0.717, 1.165) is 59.0 Å². The molecule has 1 aliphatic rings. The highest BCUT2D eigenvalue weighted by atomic mass is 35.5. The number of hydrogen-bond acceptors (Lipinski definition) is 4. The molecule has 1 heterocycles. The van der Waals surface area contributed by atoms with Crippen molar-refractivity contribution in [1.82, 2.24) is 9.80 Å². The van der Waals surface area contributed by atoms with Crippen LogP contribution in [0.4, 0.5) is 5.69 Å². The van der Waals surface area contributed by atoms with E-state index in [0.29, 0.717) is 13.1 Å². The lowest BCUT2D eigenvalue weighted by atomic mass is 10.1. The smallest absolute Gasteiger partial charge is 0.236 e. The Bertz CT molecular complexity index is 1060. The van der Waals surface area contributed by atoms with Crippen molar-refractivity contribution >= 4 is 34.0 Å². The normalized spacial score (nSPS) is 14.6. The summed E-state index contributed by atoms with van der Waals surface area (Å²) < 4.78 is 5.29. The summed E-state index contributed by atoms with van der Waals surface area (Å²) in [4.78, 5) is 19.1. The summed E-state index contributed by atoms with van der Waals surface area (Å²) in [5, 5.41) is 3.06. The van der Waals surface area contributed by atoms with Crippen molar-refractivity contribution in [1.29, 1.82) is 0 Å². The zero-order valence-electron chi connectivity index (χ0n) is 18.1. The predicted octanol–water partition coefficient (Wildman–Crippen LogP) is 4.28. The van der Waals surface area contributed by atoms with Gasteiger partial charge in [0.05, 0.1) is 24.4 Å². The summed E-state index contributed by atoms with van der Waals surface area (Å²) in [5.74, 6) is 0.989. The Morgan fingerprint density at radius 3 is 2.45 bits per heavy atom. The molecule has 6 heteroatoms. The molecule has 1 fully saturated rings. The van der Waals surface area contributed by atoms with Crippen LogP contribution < -0.4 is 9.64 Å². The van der Waals surface area contributed by atoms with Crippen LogP contribution in [0.15, 0.2) is 60.7 Å². The van der Waals surface area contributed by atoms with Gasteiger partial charge in [-0.1, -0.05) is 41.9 Å². The highest BCUT2D eigenvalue weighted by Gasteiger charge is 2.21. The molecule has 4 rings (SSSR count). The molecule has 0 atom stereocenters. The molecule has 0 bridgehead atoms. The second-order valence-corrected chi connectivity index (χ2v) is 8.42. The van der Waals surface area contributed by atoms with E-state index in [2.05, 4.69) is 40.1 Å². The van der Waals surface area contributed by atoms with Crippen molar-refractivity contribution in [2.24, 2.45) is 0 Å². The van der Waals surface area contributed by atoms with Crippen LogP contribution in [0.3, 0.4) is 0 Å². The molecule has 162 valence electrons. The number of likely N-dealkylation sites (N-methyl/N-ethyl adjacent to an activating group) is 1. The molecular weight excluding hydrogens is 410 g/mol. The van der Waals surface area contributed by atoms with Crippen molar-refractivity contribution < 1.29 is 9.53 Å². The second kappa shape index (κ2) is 9.58. The molecule has 0 radical (unpaired) electrons. The van der Waals surface area contributed by atoms with Gasteiger partial charge < -0.3 is 14.5 Å². The van der Waals surface area contributed by atoms with Crippen molar-refractivity contribution in [2.75, 3.05) is 51.8 Å². The number of carbonyl (C=O) groups is 1. The number of nitrogens with zero attached hydrogens (tertiary/aromatic N) is 3. The lowest BCUT2D eigenvalue weighted by Gasteiger charge is -2.36. The zero-order chi connectivity index (χ0) is 21.8. The van der Waals surface area contributed by atoms with E-state index < -0.39 is 0 Å². The van der Waals surface area contributed by atoms with Crippen molar-refractivity contribution in [2.45, 2.75) is 6.54 Å². The number of carbonyl (C=O) groups excluding carboxylic acids is 1. The van der Waals surface area contributed by atoms with Crippen molar-refractivity contribution in [3.63, 3.8) is 0 Å². The molecule has 1 aliphatic heterocycles. The van der Waals surface area contributed by atoms with Gasteiger partial charge in [-0.2, -0.15) is 0 Å². The molecule has 1 saturated heterocycles. The molecule has 0 spiro atoms. The van der Waals surface area contributed by atoms with Gasteiger partial charge in [0.1, 0.15) is 5.75 Å². The fourth-order valence-corrected chi connectivity index (χ4v) is 4.28. The first-order chi connectivity index (χ1) is 15.0. The average molecular weight is 438 g/mol. The monoisotopic (exact) mass is 437 g/mol. The molecule has 0 unspecified atom stereocenters. The number of halogens is 1. The Hall–Kier alpha value is -2.76. The number of amides is 1. The fourth-order valence-electron chi connectivity index (χ4n) is 4.03. The van der Waals surface area contributed by atoms with Gasteiger partial charge in [-0.3, -0.25) is 9.69 Å². The summed E-state index contributed by atoms with van der Waals surface area (Å²) in [6.45, 7) is 4.48.